The Balaban J connectivity index is 1.51. The molecule has 1 aromatic rings. The van der Waals surface area contributed by atoms with Crippen LogP contribution < -0.4 is 16.2 Å². The van der Waals surface area contributed by atoms with Gasteiger partial charge in [0, 0.05) is 19.1 Å². The Morgan fingerprint density at radius 1 is 1.47 bits per heavy atom. The highest BCUT2D eigenvalue weighted by Gasteiger charge is 2.59. The molecule has 0 aromatic carbocycles. The molecule has 2 heterocycles. The fourth-order valence-electron chi connectivity index (χ4n) is 4.29. The number of rotatable bonds is 1. The van der Waals surface area contributed by atoms with E-state index in [9.17, 15) is 4.79 Å². The van der Waals surface area contributed by atoms with Crippen LogP contribution in [-0.2, 0) is 0 Å². The molecule has 3 atom stereocenters. The Hall–Kier alpha value is -1.36. The van der Waals surface area contributed by atoms with E-state index in [2.05, 4.69) is 21.1 Å². The minimum absolute atomic E-state index is 0.142. The number of nitrogens with two attached hydrogens (primary N) is 1. The Morgan fingerprint density at radius 3 is 2.89 bits per heavy atom. The average Bonchev–Trinajstić information content (AvgIpc) is 3.13. The van der Waals surface area contributed by atoms with Crippen molar-refractivity contribution in [2.24, 2.45) is 23.0 Å². The fraction of sp³-hybridized carbons (Fsp3) is 0.714. The minimum Gasteiger partial charge on any atom is -0.352 e. The number of fused-ring (bicyclic) bond motifs is 1. The summed E-state index contributed by atoms with van der Waals surface area (Å²) in [7, 11) is 0. The molecule has 1 aliphatic heterocycles. The summed E-state index contributed by atoms with van der Waals surface area (Å²) < 4.78 is 0. The van der Waals surface area contributed by atoms with Crippen molar-refractivity contribution in [3.05, 3.63) is 22.7 Å². The molecular weight excluding hydrogens is 240 g/mol. The monoisotopic (exact) mass is 259 g/mol. The standard InChI is InChI=1S/C14H19N4O/c15-11-10-7-9(10)8-14(11)1-5-18(6-2-14)12-13(19)17-4-3-16-12/h3,9-11H,1-2,5-8,15H2,(H,17,19). The Morgan fingerprint density at radius 2 is 2.26 bits per heavy atom. The molecule has 5 nitrogen and oxygen atoms in total. The van der Waals surface area contributed by atoms with E-state index in [1.165, 1.54) is 19.0 Å². The molecule has 101 valence electrons. The molecule has 1 saturated heterocycles. The molecular formula is C14H19N4O. The van der Waals surface area contributed by atoms with E-state index in [1.807, 2.05) is 0 Å². The summed E-state index contributed by atoms with van der Waals surface area (Å²) in [5, 5.41) is 0. The predicted molar refractivity (Wildman–Crippen MR) is 71.8 cm³/mol. The van der Waals surface area contributed by atoms with Crippen molar-refractivity contribution in [3.63, 3.8) is 0 Å². The smallest absolute Gasteiger partial charge is 0.291 e. The zero-order valence-electron chi connectivity index (χ0n) is 10.9. The Kier molecular flexibility index (Phi) is 2.31. The number of nitrogens with zero attached hydrogens (tertiary/aromatic N) is 2. The van der Waals surface area contributed by atoms with Gasteiger partial charge in [0.25, 0.3) is 5.56 Å². The van der Waals surface area contributed by atoms with Gasteiger partial charge in [-0.25, -0.2) is 4.98 Å². The lowest BCUT2D eigenvalue weighted by molar-refractivity contribution is 0.171. The van der Waals surface area contributed by atoms with Crippen LogP contribution in [0.2, 0.25) is 0 Å². The van der Waals surface area contributed by atoms with E-state index < -0.39 is 0 Å². The summed E-state index contributed by atoms with van der Waals surface area (Å²) in [6, 6.07) is 0.384. The molecule has 19 heavy (non-hydrogen) atoms. The van der Waals surface area contributed by atoms with E-state index >= 15 is 0 Å². The van der Waals surface area contributed by atoms with Crippen LogP contribution >= 0.6 is 0 Å². The van der Waals surface area contributed by atoms with Crippen molar-refractivity contribution in [3.8, 4) is 0 Å². The summed E-state index contributed by atoms with van der Waals surface area (Å²) in [6.45, 7) is 1.79. The van der Waals surface area contributed by atoms with Crippen molar-refractivity contribution >= 4 is 5.82 Å². The molecule has 4 rings (SSSR count). The molecule has 3 N–H and O–H groups in total. The fourth-order valence-corrected chi connectivity index (χ4v) is 4.29. The summed E-state index contributed by atoms with van der Waals surface area (Å²) in [6.07, 6.45) is 8.99. The SMILES string of the molecule is NC1C2CC2CC12CCN(c1nc[c][nH]c1=O)CC2. The van der Waals surface area contributed by atoms with E-state index in [4.69, 9.17) is 5.73 Å². The van der Waals surface area contributed by atoms with Crippen LogP contribution in [0.1, 0.15) is 25.7 Å². The summed E-state index contributed by atoms with van der Waals surface area (Å²) in [5.41, 5.74) is 6.64. The minimum atomic E-state index is -0.142. The van der Waals surface area contributed by atoms with Crippen molar-refractivity contribution in [2.75, 3.05) is 18.0 Å². The number of hydrogen-bond donors (Lipinski definition) is 2. The van der Waals surface area contributed by atoms with Gasteiger partial charge < -0.3 is 15.6 Å². The van der Waals surface area contributed by atoms with E-state index in [0.717, 1.165) is 37.8 Å². The third kappa shape index (κ3) is 1.64. The van der Waals surface area contributed by atoms with Crippen molar-refractivity contribution in [2.45, 2.75) is 31.7 Å². The first kappa shape index (κ1) is 11.5. The van der Waals surface area contributed by atoms with Gasteiger partial charge in [0.15, 0.2) is 5.82 Å². The summed E-state index contributed by atoms with van der Waals surface area (Å²) >= 11 is 0. The second kappa shape index (κ2) is 3.82. The second-order valence-electron chi connectivity index (χ2n) is 6.42. The van der Waals surface area contributed by atoms with Gasteiger partial charge in [0.2, 0.25) is 0 Å². The van der Waals surface area contributed by atoms with Crippen LogP contribution in [0.4, 0.5) is 5.82 Å². The normalized spacial score (nSPS) is 35.4. The van der Waals surface area contributed by atoms with Gasteiger partial charge in [-0.05, 0) is 42.9 Å². The topological polar surface area (TPSA) is 75.0 Å². The van der Waals surface area contributed by atoms with Crippen LogP contribution in [-0.4, -0.2) is 29.1 Å². The molecule has 3 unspecified atom stereocenters. The first-order chi connectivity index (χ1) is 9.20. The molecule has 2 saturated carbocycles. The maximum atomic E-state index is 11.7. The third-order valence-electron chi connectivity index (χ3n) is 5.51. The number of anilines is 1. The predicted octanol–water partition coefficient (Wildman–Crippen LogP) is 0.524. The van der Waals surface area contributed by atoms with E-state index in [-0.39, 0.29) is 5.56 Å². The van der Waals surface area contributed by atoms with Gasteiger partial charge >= 0.3 is 0 Å². The van der Waals surface area contributed by atoms with Crippen LogP contribution in [0.5, 0.6) is 0 Å². The average molecular weight is 259 g/mol. The van der Waals surface area contributed by atoms with Gasteiger partial charge in [-0.1, -0.05) is 0 Å². The maximum Gasteiger partial charge on any atom is 0.291 e. The van der Waals surface area contributed by atoms with E-state index in [0.29, 0.717) is 17.3 Å². The van der Waals surface area contributed by atoms with Crippen molar-refractivity contribution in [1.29, 1.82) is 0 Å². The highest BCUT2D eigenvalue weighted by atomic mass is 16.1. The van der Waals surface area contributed by atoms with Crippen LogP contribution in [0, 0.1) is 23.4 Å². The second-order valence-corrected chi connectivity index (χ2v) is 6.42. The number of aromatic amines is 1. The van der Waals surface area contributed by atoms with Gasteiger partial charge in [-0.3, -0.25) is 4.79 Å². The maximum absolute atomic E-state index is 11.7. The molecule has 0 amide bonds. The number of piperidine rings is 1. The quantitative estimate of drug-likeness (QED) is 0.771. The number of H-pyrrole nitrogens is 1. The lowest BCUT2D eigenvalue weighted by atomic mass is 9.72. The Labute approximate surface area is 112 Å². The van der Waals surface area contributed by atoms with Crippen molar-refractivity contribution < 1.29 is 0 Å². The first-order valence-electron chi connectivity index (χ1n) is 7.15. The third-order valence-corrected chi connectivity index (χ3v) is 5.51. The summed E-state index contributed by atoms with van der Waals surface area (Å²) in [5.74, 6) is 2.22. The zero-order chi connectivity index (χ0) is 13.0. The van der Waals surface area contributed by atoms with Crippen LogP contribution in [0.3, 0.4) is 0 Å². The highest BCUT2D eigenvalue weighted by molar-refractivity contribution is 5.36. The molecule has 1 radical (unpaired) electrons. The lowest BCUT2D eigenvalue weighted by Crippen LogP contribution is -2.49. The van der Waals surface area contributed by atoms with Gasteiger partial charge in [0.05, 0.1) is 12.4 Å². The van der Waals surface area contributed by atoms with Crippen LogP contribution in [0.25, 0.3) is 0 Å². The number of hydrogen-bond acceptors (Lipinski definition) is 4. The lowest BCUT2D eigenvalue weighted by Gasteiger charge is -2.43. The van der Waals surface area contributed by atoms with Crippen LogP contribution in [0.15, 0.2) is 11.0 Å². The summed E-state index contributed by atoms with van der Waals surface area (Å²) in [4.78, 5) is 20.6. The molecule has 5 heteroatoms. The number of nitrogens with one attached hydrogen (secondary N) is 1. The molecule has 1 spiro atoms. The molecule has 3 fully saturated rings. The van der Waals surface area contributed by atoms with Gasteiger partial charge in [0.1, 0.15) is 0 Å². The largest absolute Gasteiger partial charge is 0.352 e. The molecule has 2 aliphatic carbocycles. The van der Waals surface area contributed by atoms with Gasteiger partial charge in [-0.2, -0.15) is 0 Å². The Bertz CT molecular complexity index is 546. The molecule has 1 aromatic heterocycles. The number of aromatic nitrogens is 2. The van der Waals surface area contributed by atoms with E-state index in [1.54, 1.807) is 0 Å². The highest BCUT2D eigenvalue weighted by Crippen LogP contribution is 2.62. The molecule has 0 bridgehead atoms. The van der Waals surface area contributed by atoms with Crippen molar-refractivity contribution in [1.82, 2.24) is 9.97 Å². The molecule has 3 aliphatic rings. The zero-order valence-corrected chi connectivity index (χ0v) is 10.9. The first-order valence-corrected chi connectivity index (χ1v) is 7.15. The van der Waals surface area contributed by atoms with Gasteiger partial charge in [-0.15, -0.1) is 0 Å².